The molecule has 1 N–H and O–H groups in total. The molecule has 8 nitrogen and oxygen atoms in total. The number of ether oxygens (including phenoxy) is 2. The third-order valence-electron chi connectivity index (χ3n) is 7.93. The van der Waals surface area contributed by atoms with Gasteiger partial charge in [-0.15, -0.1) is 0 Å². The standard InChI is InChI=1S/C34H34N4O4/c1-24-27(14-17-32(35-24)42-30-15-12-26(13-16-30)33(39)40)22-37-20-18-29(19-21-37)38-31(25-8-4-2-5-9-25)23-41-34(38)36-28-10-6-3-7-11-28/h2-17,29,31H,18-23H2,1H3,(H,39,40)/b36-34-/t31-/m0/s1. The summed E-state index contributed by atoms with van der Waals surface area (Å²) in [7, 11) is 0. The Morgan fingerprint density at radius 3 is 2.31 bits per heavy atom. The number of carboxylic acids is 1. The third kappa shape index (κ3) is 6.29. The summed E-state index contributed by atoms with van der Waals surface area (Å²) in [6.45, 7) is 5.35. The van der Waals surface area contributed by atoms with Crippen molar-refractivity contribution >= 4 is 17.7 Å². The summed E-state index contributed by atoms with van der Waals surface area (Å²) >= 11 is 0. The number of amidine groups is 1. The molecule has 1 atom stereocenters. The Labute approximate surface area is 245 Å². The van der Waals surface area contributed by atoms with Gasteiger partial charge < -0.3 is 19.5 Å². The first-order valence-corrected chi connectivity index (χ1v) is 14.3. The largest absolute Gasteiger partial charge is 0.478 e. The molecule has 2 fully saturated rings. The molecule has 4 aromatic rings. The lowest BCUT2D eigenvalue weighted by molar-refractivity contribution is 0.0697. The lowest BCUT2D eigenvalue weighted by atomic mass is 9.98. The fourth-order valence-corrected chi connectivity index (χ4v) is 5.66. The van der Waals surface area contributed by atoms with Crippen LogP contribution in [0.5, 0.6) is 11.6 Å². The zero-order valence-electron chi connectivity index (χ0n) is 23.6. The quantitative estimate of drug-likeness (QED) is 0.259. The molecule has 0 spiro atoms. The highest BCUT2D eigenvalue weighted by molar-refractivity contribution is 5.87. The van der Waals surface area contributed by atoms with E-state index >= 15 is 0 Å². The molecule has 2 aliphatic heterocycles. The topological polar surface area (TPSA) is 87.5 Å². The molecule has 0 amide bonds. The molecule has 42 heavy (non-hydrogen) atoms. The highest BCUT2D eigenvalue weighted by Crippen LogP contribution is 2.34. The number of aromatic carboxylic acids is 1. The van der Waals surface area contributed by atoms with Crippen LogP contribution in [-0.4, -0.2) is 57.6 Å². The van der Waals surface area contributed by atoms with Crippen molar-refractivity contribution in [3.8, 4) is 11.6 Å². The van der Waals surface area contributed by atoms with Gasteiger partial charge in [-0.3, -0.25) is 4.90 Å². The van der Waals surface area contributed by atoms with E-state index in [1.807, 2.05) is 43.3 Å². The second-order valence-electron chi connectivity index (χ2n) is 10.7. The van der Waals surface area contributed by atoms with E-state index in [9.17, 15) is 4.79 Å². The summed E-state index contributed by atoms with van der Waals surface area (Å²) in [6.07, 6.45) is 2.03. The molecule has 0 aliphatic carbocycles. The third-order valence-corrected chi connectivity index (χ3v) is 7.93. The van der Waals surface area contributed by atoms with Crippen LogP contribution in [0.3, 0.4) is 0 Å². The van der Waals surface area contributed by atoms with E-state index in [0.29, 0.717) is 30.3 Å². The van der Waals surface area contributed by atoms with E-state index in [0.717, 1.165) is 43.9 Å². The van der Waals surface area contributed by atoms with Gasteiger partial charge in [0.25, 0.3) is 6.02 Å². The monoisotopic (exact) mass is 562 g/mol. The number of nitrogens with zero attached hydrogens (tertiary/aromatic N) is 4. The van der Waals surface area contributed by atoms with Gasteiger partial charge in [0, 0.05) is 37.4 Å². The molecule has 2 aliphatic rings. The number of carboxylic acid groups (broad SMARTS) is 1. The minimum Gasteiger partial charge on any atom is -0.478 e. The molecular weight excluding hydrogens is 528 g/mol. The average molecular weight is 563 g/mol. The van der Waals surface area contributed by atoms with Gasteiger partial charge >= 0.3 is 5.97 Å². The molecule has 0 saturated carbocycles. The van der Waals surface area contributed by atoms with Crippen LogP contribution < -0.4 is 4.74 Å². The first kappa shape index (κ1) is 27.5. The lowest BCUT2D eigenvalue weighted by Crippen LogP contribution is -2.46. The number of rotatable bonds is 8. The van der Waals surface area contributed by atoms with Crippen LogP contribution in [0.25, 0.3) is 0 Å². The Hall–Kier alpha value is -4.69. The predicted molar refractivity (Wildman–Crippen MR) is 161 cm³/mol. The maximum absolute atomic E-state index is 11.1. The number of pyridine rings is 1. The Morgan fingerprint density at radius 1 is 0.952 bits per heavy atom. The van der Waals surface area contributed by atoms with E-state index in [1.165, 1.54) is 23.3 Å². The van der Waals surface area contributed by atoms with Gasteiger partial charge in [0.2, 0.25) is 5.88 Å². The molecule has 3 heterocycles. The van der Waals surface area contributed by atoms with Crippen LogP contribution in [0.2, 0.25) is 0 Å². The number of likely N-dealkylation sites (tertiary alicyclic amines) is 1. The van der Waals surface area contributed by atoms with E-state index in [1.54, 1.807) is 12.1 Å². The summed E-state index contributed by atoms with van der Waals surface area (Å²) in [5, 5.41) is 9.09. The van der Waals surface area contributed by atoms with Crippen LogP contribution in [0.15, 0.2) is 102 Å². The van der Waals surface area contributed by atoms with Crippen molar-refractivity contribution < 1.29 is 19.4 Å². The fraction of sp³-hybridized carbons (Fsp3) is 0.265. The highest BCUT2D eigenvalue weighted by atomic mass is 16.5. The van der Waals surface area contributed by atoms with Crippen LogP contribution in [-0.2, 0) is 11.3 Å². The second-order valence-corrected chi connectivity index (χ2v) is 10.7. The number of aryl methyl sites for hydroxylation is 1. The van der Waals surface area contributed by atoms with Gasteiger partial charge in [0.1, 0.15) is 12.4 Å². The predicted octanol–water partition coefficient (Wildman–Crippen LogP) is 6.61. The summed E-state index contributed by atoms with van der Waals surface area (Å²) in [5.41, 5.74) is 4.46. The van der Waals surface area contributed by atoms with E-state index in [2.05, 4.69) is 51.2 Å². The number of hydrogen-bond donors (Lipinski definition) is 1. The minimum absolute atomic E-state index is 0.143. The van der Waals surface area contributed by atoms with Gasteiger partial charge in [-0.25, -0.2) is 9.78 Å². The fourth-order valence-electron chi connectivity index (χ4n) is 5.66. The zero-order valence-corrected chi connectivity index (χ0v) is 23.6. The normalized spacial score (nSPS) is 18.6. The maximum Gasteiger partial charge on any atom is 0.335 e. The first-order valence-electron chi connectivity index (χ1n) is 14.3. The van der Waals surface area contributed by atoms with Crippen molar-refractivity contribution in [2.75, 3.05) is 19.7 Å². The smallest absolute Gasteiger partial charge is 0.335 e. The maximum atomic E-state index is 11.1. The number of aliphatic imine (C=N–C) groups is 1. The Bertz CT molecular complexity index is 1540. The van der Waals surface area contributed by atoms with Crippen molar-refractivity contribution in [1.82, 2.24) is 14.8 Å². The number of aromatic nitrogens is 1. The zero-order chi connectivity index (χ0) is 28.9. The highest BCUT2D eigenvalue weighted by Gasteiger charge is 2.39. The number of para-hydroxylation sites is 1. The summed E-state index contributed by atoms with van der Waals surface area (Å²) < 4.78 is 12.1. The Balaban J connectivity index is 1.11. The van der Waals surface area contributed by atoms with E-state index in [4.69, 9.17) is 19.6 Å². The molecule has 1 aromatic heterocycles. The molecule has 6 rings (SSSR count). The molecule has 214 valence electrons. The van der Waals surface area contributed by atoms with Gasteiger partial charge in [0.15, 0.2) is 0 Å². The molecule has 0 bridgehead atoms. The summed E-state index contributed by atoms with van der Waals surface area (Å²) in [4.78, 5) is 25.5. The number of benzene rings is 3. The first-order chi connectivity index (χ1) is 20.5. The number of carbonyl (C=O) groups is 1. The van der Waals surface area contributed by atoms with Gasteiger partial charge in [-0.05, 0) is 67.3 Å². The average Bonchev–Trinajstić information content (AvgIpc) is 3.43. The molecule has 8 heteroatoms. The molecule has 2 saturated heterocycles. The summed E-state index contributed by atoms with van der Waals surface area (Å²) in [6, 6.07) is 32.1. The number of hydrogen-bond acceptors (Lipinski definition) is 6. The second kappa shape index (κ2) is 12.4. The minimum atomic E-state index is -0.963. The van der Waals surface area contributed by atoms with Crippen molar-refractivity contribution in [1.29, 1.82) is 0 Å². The van der Waals surface area contributed by atoms with Gasteiger partial charge in [-0.1, -0.05) is 54.6 Å². The van der Waals surface area contributed by atoms with Gasteiger partial charge in [0.05, 0.1) is 17.3 Å². The molecule has 0 radical (unpaired) electrons. The Morgan fingerprint density at radius 2 is 1.64 bits per heavy atom. The Kier molecular flexibility index (Phi) is 8.14. The van der Waals surface area contributed by atoms with Crippen molar-refractivity contribution in [3.05, 3.63) is 119 Å². The molecule has 0 unspecified atom stereocenters. The van der Waals surface area contributed by atoms with E-state index in [-0.39, 0.29) is 11.6 Å². The van der Waals surface area contributed by atoms with Crippen LogP contribution >= 0.6 is 0 Å². The summed E-state index contributed by atoms with van der Waals surface area (Å²) in [5.74, 6) is 0.0790. The van der Waals surface area contributed by atoms with Crippen molar-refractivity contribution in [2.45, 2.75) is 38.4 Å². The lowest BCUT2D eigenvalue weighted by Gasteiger charge is -2.39. The van der Waals surface area contributed by atoms with Crippen molar-refractivity contribution in [3.63, 3.8) is 0 Å². The van der Waals surface area contributed by atoms with Gasteiger partial charge in [-0.2, -0.15) is 4.99 Å². The van der Waals surface area contributed by atoms with Crippen molar-refractivity contribution in [2.24, 2.45) is 4.99 Å². The van der Waals surface area contributed by atoms with Crippen LogP contribution in [0.1, 0.15) is 46.1 Å². The SMILES string of the molecule is Cc1nc(Oc2ccc(C(=O)O)cc2)ccc1CN1CCC(N2/C(=N/c3ccccc3)OC[C@H]2c2ccccc2)CC1. The molecular formula is C34H34N4O4. The number of piperidine rings is 1. The van der Waals surface area contributed by atoms with E-state index < -0.39 is 5.97 Å². The molecule has 3 aromatic carbocycles. The van der Waals surface area contributed by atoms with Crippen LogP contribution in [0.4, 0.5) is 5.69 Å². The van der Waals surface area contributed by atoms with Crippen LogP contribution in [0, 0.1) is 6.92 Å².